The van der Waals surface area contributed by atoms with Crippen molar-refractivity contribution in [1.82, 2.24) is 5.32 Å². The minimum atomic E-state index is 0.317. The zero-order chi connectivity index (χ0) is 10.3. The van der Waals surface area contributed by atoms with Crippen LogP contribution >= 0.6 is 0 Å². The van der Waals surface area contributed by atoms with Crippen molar-refractivity contribution in [3.63, 3.8) is 0 Å². The van der Waals surface area contributed by atoms with Gasteiger partial charge in [-0.3, -0.25) is 0 Å². The molecule has 0 aromatic rings. The third-order valence-corrected chi connectivity index (χ3v) is 4.26. The highest BCUT2D eigenvalue weighted by Gasteiger charge is 2.49. The van der Waals surface area contributed by atoms with Crippen LogP contribution in [0.4, 0.5) is 0 Å². The number of hydrogen-bond acceptors (Lipinski definition) is 2. The van der Waals surface area contributed by atoms with E-state index in [1.807, 2.05) is 7.11 Å². The summed E-state index contributed by atoms with van der Waals surface area (Å²) in [5, 5.41) is 3.75. The molecule has 0 radical (unpaired) electrons. The Labute approximate surface area is 87.4 Å². The minimum Gasteiger partial charge on any atom is -0.381 e. The van der Waals surface area contributed by atoms with Gasteiger partial charge in [0, 0.05) is 24.6 Å². The summed E-state index contributed by atoms with van der Waals surface area (Å²) >= 11 is 0. The van der Waals surface area contributed by atoms with Crippen LogP contribution in [0.1, 0.15) is 40.0 Å². The van der Waals surface area contributed by atoms with Crippen LogP contribution in [-0.4, -0.2) is 25.3 Å². The zero-order valence-corrected chi connectivity index (χ0v) is 9.84. The van der Waals surface area contributed by atoms with Crippen molar-refractivity contribution in [3.05, 3.63) is 0 Å². The van der Waals surface area contributed by atoms with Gasteiger partial charge in [-0.05, 0) is 32.1 Å². The molecule has 2 fully saturated rings. The Morgan fingerprint density at radius 2 is 2.00 bits per heavy atom. The summed E-state index contributed by atoms with van der Waals surface area (Å²) in [6, 6.07) is 1.36. The number of rotatable bonds is 4. The predicted molar refractivity (Wildman–Crippen MR) is 58.3 cm³/mol. The second-order valence-corrected chi connectivity index (χ2v) is 5.63. The van der Waals surface area contributed by atoms with Gasteiger partial charge in [-0.2, -0.15) is 0 Å². The first-order valence-corrected chi connectivity index (χ1v) is 5.84. The number of hydrogen-bond donors (Lipinski definition) is 1. The van der Waals surface area contributed by atoms with Gasteiger partial charge in [-0.25, -0.2) is 0 Å². The second kappa shape index (κ2) is 3.49. The Morgan fingerprint density at radius 1 is 1.36 bits per heavy atom. The van der Waals surface area contributed by atoms with E-state index in [2.05, 4.69) is 26.1 Å². The topological polar surface area (TPSA) is 21.3 Å². The molecule has 0 spiro atoms. The molecular weight excluding hydrogens is 174 g/mol. The van der Waals surface area contributed by atoms with Gasteiger partial charge >= 0.3 is 0 Å². The first-order chi connectivity index (χ1) is 6.55. The molecule has 2 rings (SSSR count). The molecule has 0 aromatic heterocycles. The molecule has 3 atom stereocenters. The van der Waals surface area contributed by atoms with E-state index >= 15 is 0 Å². The van der Waals surface area contributed by atoms with Gasteiger partial charge < -0.3 is 10.1 Å². The first-order valence-electron chi connectivity index (χ1n) is 5.84. The van der Waals surface area contributed by atoms with Crippen molar-refractivity contribution in [2.24, 2.45) is 11.3 Å². The highest BCUT2D eigenvalue weighted by Crippen LogP contribution is 2.43. The smallest absolute Gasteiger partial charge is 0.0652 e. The molecule has 2 saturated carbocycles. The molecule has 2 nitrogen and oxygen atoms in total. The molecule has 82 valence electrons. The lowest BCUT2D eigenvalue weighted by Crippen LogP contribution is -2.62. The average molecular weight is 197 g/mol. The maximum atomic E-state index is 5.45. The lowest BCUT2D eigenvalue weighted by atomic mass is 9.64. The van der Waals surface area contributed by atoms with Gasteiger partial charge in [0.05, 0.1) is 6.10 Å². The van der Waals surface area contributed by atoms with E-state index < -0.39 is 0 Å². The average Bonchev–Trinajstić information content (AvgIpc) is 2.93. The molecule has 0 saturated heterocycles. The maximum Gasteiger partial charge on any atom is 0.0652 e. The van der Waals surface area contributed by atoms with E-state index in [1.54, 1.807) is 0 Å². The molecular formula is C12H23NO. The van der Waals surface area contributed by atoms with Gasteiger partial charge in [0.15, 0.2) is 0 Å². The molecule has 1 N–H and O–H groups in total. The third kappa shape index (κ3) is 1.70. The lowest BCUT2D eigenvalue weighted by Gasteiger charge is -2.52. The minimum absolute atomic E-state index is 0.317. The summed E-state index contributed by atoms with van der Waals surface area (Å²) in [5.41, 5.74) is 0.317. The zero-order valence-electron chi connectivity index (χ0n) is 9.84. The maximum absolute atomic E-state index is 5.45. The molecule has 0 aromatic carbocycles. The van der Waals surface area contributed by atoms with Crippen molar-refractivity contribution in [3.8, 4) is 0 Å². The Kier molecular flexibility index (Phi) is 2.61. The SMILES string of the molecule is COC1CC(NC(C)C2CC2)C1(C)C. The van der Waals surface area contributed by atoms with E-state index in [4.69, 9.17) is 4.74 Å². The highest BCUT2D eigenvalue weighted by molar-refractivity contribution is 5.04. The number of ether oxygens (including phenoxy) is 1. The molecule has 14 heavy (non-hydrogen) atoms. The molecule has 2 aliphatic carbocycles. The van der Waals surface area contributed by atoms with E-state index in [0.29, 0.717) is 23.6 Å². The van der Waals surface area contributed by atoms with E-state index in [-0.39, 0.29) is 0 Å². The van der Waals surface area contributed by atoms with Crippen LogP contribution in [0.3, 0.4) is 0 Å². The summed E-state index contributed by atoms with van der Waals surface area (Å²) in [7, 11) is 1.83. The normalized spacial score (nSPS) is 37.7. The fourth-order valence-corrected chi connectivity index (χ4v) is 2.62. The van der Waals surface area contributed by atoms with Crippen LogP contribution in [0.25, 0.3) is 0 Å². The molecule has 0 bridgehead atoms. The van der Waals surface area contributed by atoms with Crippen LogP contribution in [0.15, 0.2) is 0 Å². The van der Waals surface area contributed by atoms with Crippen molar-refractivity contribution in [2.45, 2.75) is 58.2 Å². The Morgan fingerprint density at radius 3 is 2.43 bits per heavy atom. The molecule has 0 heterocycles. The Hall–Kier alpha value is -0.0800. The summed E-state index contributed by atoms with van der Waals surface area (Å²) in [4.78, 5) is 0. The van der Waals surface area contributed by atoms with Crippen LogP contribution < -0.4 is 5.32 Å². The van der Waals surface area contributed by atoms with Crippen LogP contribution in [0.5, 0.6) is 0 Å². The Bertz CT molecular complexity index is 210. The van der Waals surface area contributed by atoms with Gasteiger partial charge in [0.25, 0.3) is 0 Å². The van der Waals surface area contributed by atoms with Gasteiger partial charge in [-0.1, -0.05) is 13.8 Å². The third-order valence-electron chi connectivity index (χ3n) is 4.26. The summed E-state index contributed by atoms with van der Waals surface area (Å²) in [5.74, 6) is 0.951. The van der Waals surface area contributed by atoms with Crippen molar-refractivity contribution in [1.29, 1.82) is 0 Å². The van der Waals surface area contributed by atoms with E-state index in [1.165, 1.54) is 19.3 Å². The first kappa shape index (κ1) is 10.4. The molecule has 2 aliphatic rings. The summed E-state index contributed by atoms with van der Waals surface area (Å²) in [6.07, 6.45) is 4.48. The lowest BCUT2D eigenvalue weighted by molar-refractivity contribution is -0.100. The van der Waals surface area contributed by atoms with Crippen molar-refractivity contribution >= 4 is 0 Å². The van der Waals surface area contributed by atoms with Gasteiger partial charge in [-0.15, -0.1) is 0 Å². The van der Waals surface area contributed by atoms with Gasteiger partial charge in [0.1, 0.15) is 0 Å². The fourth-order valence-electron chi connectivity index (χ4n) is 2.62. The van der Waals surface area contributed by atoms with Crippen LogP contribution in [-0.2, 0) is 4.74 Å². The fraction of sp³-hybridized carbons (Fsp3) is 1.00. The summed E-state index contributed by atoms with van der Waals surface area (Å²) < 4.78 is 5.45. The molecule has 3 unspecified atom stereocenters. The molecule has 2 heteroatoms. The largest absolute Gasteiger partial charge is 0.381 e. The highest BCUT2D eigenvalue weighted by atomic mass is 16.5. The van der Waals surface area contributed by atoms with E-state index in [0.717, 1.165) is 5.92 Å². The number of methoxy groups -OCH3 is 1. The van der Waals surface area contributed by atoms with Crippen LogP contribution in [0, 0.1) is 11.3 Å². The molecule has 0 amide bonds. The number of nitrogens with one attached hydrogen (secondary N) is 1. The Balaban J connectivity index is 1.82. The van der Waals surface area contributed by atoms with Crippen LogP contribution in [0.2, 0.25) is 0 Å². The van der Waals surface area contributed by atoms with E-state index in [9.17, 15) is 0 Å². The van der Waals surface area contributed by atoms with Crippen molar-refractivity contribution in [2.75, 3.05) is 7.11 Å². The van der Waals surface area contributed by atoms with Crippen molar-refractivity contribution < 1.29 is 4.74 Å². The molecule has 0 aliphatic heterocycles. The second-order valence-electron chi connectivity index (χ2n) is 5.63. The van der Waals surface area contributed by atoms with Gasteiger partial charge in [0.2, 0.25) is 0 Å². The monoisotopic (exact) mass is 197 g/mol. The standard InChI is InChI=1S/C12H23NO/c1-8(9-5-6-9)13-10-7-11(14-4)12(10,2)3/h8-11,13H,5-7H2,1-4H3. The quantitative estimate of drug-likeness (QED) is 0.746. The summed E-state index contributed by atoms with van der Waals surface area (Å²) in [6.45, 7) is 6.94. The predicted octanol–water partition coefficient (Wildman–Crippen LogP) is 2.19.